The van der Waals surface area contributed by atoms with E-state index in [1.165, 1.54) is 10.6 Å². The molecule has 164 valence electrons. The van der Waals surface area contributed by atoms with Crippen LogP contribution in [0.2, 0.25) is 0 Å². The van der Waals surface area contributed by atoms with Gasteiger partial charge in [0.1, 0.15) is 11.5 Å². The lowest BCUT2D eigenvalue weighted by Gasteiger charge is -2.26. The summed E-state index contributed by atoms with van der Waals surface area (Å²) in [7, 11) is 1.56. The van der Waals surface area contributed by atoms with Gasteiger partial charge in [-0.05, 0) is 29.7 Å². The predicted octanol–water partition coefficient (Wildman–Crippen LogP) is 2.49. The molecule has 0 spiro atoms. The fourth-order valence-corrected chi connectivity index (χ4v) is 3.33. The van der Waals surface area contributed by atoms with Gasteiger partial charge in [-0.2, -0.15) is 0 Å². The lowest BCUT2D eigenvalue weighted by atomic mass is 10.2. The molecule has 3 aromatic rings. The van der Waals surface area contributed by atoms with Crippen LogP contribution in [-0.2, 0) is 17.8 Å². The molecule has 0 bridgehead atoms. The normalized spacial score (nSPS) is 10.9. The van der Waals surface area contributed by atoms with E-state index in [1.54, 1.807) is 12.0 Å². The van der Waals surface area contributed by atoms with Crippen molar-refractivity contribution < 1.29 is 13.5 Å². The van der Waals surface area contributed by atoms with Crippen LogP contribution in [0.1, 0.15) is 17.5 Å². The molecule has 0 aliphatic rings. The Kier molecular flexibility index (Phi) is 7.19. The van der Waals surface area contributed by atoms with E-state index in [0.717, 1.165) is 17.7 Å². The van der Waals surface area contributed by atoms with E-state index in [1.807, 2.05) is 30.3 Å². The maximum atomic E-state index is 13.7. The lowest BCUT2D eigenvalue weighted by molar-refractivity contribution is 0.196. The van der Waals surface area contributed by atoms with Gasteiger partial charge in [0.2, 0.25) is 0 Å². The molecule has 0 saturated carbocycles. The van der Waals surface area contributed by atoms with Gasteiger partial charge in [0.25, 0.3) is 5.56 Å². The predicted molar refractivity (Wildman–Crippen MR) is 115 cm³/mol. The Bertz CT molecular complexity index is 1150. The van der Waals surface area contributed by atoms with Gasteiger partial charge in [0, 0.05) is 26.8 Å². The van der Waals surface area contributed by atoms with E-state index in [0.29, 0.717) is 25.1 Å². The Morgan fingerprint density at radius 3 is 2.48 bits per heavy atom. The van der Waals surface area contributed by atoms with Gasteiger partial charge in [0.05, 0.1) is 6.54 Å². The van der Waals surface area contributed by atoms with Crippen molar-refractivity contribution in [2.24, 2.45) is 0 Å². The highest BCUT2D eigenvalue weighted by atomic mass is 19.2. The summed E-state index contributed by atoms with van der Waals surface area (Å²) >= 11 is 0. The van der Waals surface area contributed by atoms with E-state index in [4.69, 9.17) is 10.5 Å². The maximum absolute atomic E-state index is 13.7. The van der Waals surface area contributed by atoms with Crippen LogP contribution in [0.25, 0.3) is 0 Å². The summed E-state index contributed by atoms with van der Waals surface area (Å²) in [6.45, 7) is 1.05. The Labute approximate surface area is 177 Å². The smallest absolute Gasteiger partial charge is 0.330 e. The fraction of sp³-hybridized carbons (Fsp3) is 0.273. The molecule has 1 aromatic heterocycles. The molecule has 0 amide bonds. The second-order valence-corrected chi connectivity index (χ2v) is 7.08. The largest absolute Gasteiger partial charge is 0.385 e. The first kappa shape index (κ1) is 22.2. The molecular formula is C22H24F2N4O3. The molecule has 2 aromatic carbocycles. The summed E-state index contributed by atoms with van der Waals surface area (Å²) in [6, 6.07) is 12.7. The van der Waals surface area contributed by atoms with Gasteiger partial charge < -0.3 is 15.4 Å². The lowest BCUT2D eigenvalue weighted by Crippen LogP contribution is -2.39. The zero-order valence-electron chi connectivity index (χ0n) is 17.1. The van der Waals surface area contributed by atoms with Crippen LogP contribution >= 0.6 is 0 Å². The van der Waals surface area contributed by atoms with Crippen LogP contribution in [0.4, 0.5) is 20.3 Å². The van der Waals surface area contributed by atoms with Crippen LogP contribution in [0.5, 0.6) is 0 Å². The number of rotatable bonds is 9. The highest BCUT2D eigenvalue weighted by molar-refractivity contribution is 5.62. The van der Waals surface area contributed by atoms with Gasteiger partial charge in [-0.1, -0.05) is 36.4 Å². The molecule has 0 fully saturated rings. The number of methoxy groups -OCH3 is 1. The average Bonchev–Trinajstić information content (AvgIpc) is 2.74. The SMILES string of the molecule is COCCCN(Cc1ccc(F)c(F)c1)c1c(N)n(Cc2ccccc2)c(=O)[nH]c1=O. The van der Waals surface area contributed by atoms with E-state index in [-0.39, 0.29) is 24.6 Å². The molecule has 1 heterocycles. The molecule has 9 heteroatoms. The van der Waals surface area contributed by atoms with E-state index < -0.39 is 22.9 Å². The van der Waals surface area contributed by atoms with Crippen LogP contribution in [0.15, 0.2) is 58.1 Å². The molecule has 0 aliphatic carbocycles. The first-order valence-corrected chi connectivity index (χ1v) is 9.75. The second-order valence-electron chi connectivity index (χ2n) is 7.08. The number of nitrogen functional groups attached to an aromatic ring is 1. The Balaban J connectivity index is 2.02. The third kappa shape index (κ3) is 5.37. The molecule has 31 heavy (non-hydrogen) atoms. The number of anilines is 2. The van der Waals surface area contributed by atoms with Crippen molar-refractivity contribution in [1.82, 2.24) is 9.55 Å². The summed E-state index contributed by atoms with van der Waals surface area (Å²) in [6.07, 6.45) is 0.552. The number of halogens is 2. The van der Waals surface area contributed by atoms with Gasteiger partial charge in [-0.3, -0.25) is 14.3 Å². The minimum Gasteiger partial charge on any atom is -0.385 e. The zero-order valence-corrected chi connectivity index (χ0v) is 17.1. The molecule has 0 radical (unpaired) electrons. The maximum Gasteiger partial charge on any atom is 0.330 e. The molecule has 0 saturated heterocycles. The zero-order chi connectivity index (χ0) is 22.4. The molecular weight excluding hydrogens is 406 g/mol. The first-order chi connectivity index (χ1) is 14.9. The topological polar surface area (TPSA) is 93.3 Å². The van der Waals surface area contributed by atoms with E-state index in [2.05, 4.69) is 4.98 Å². The van der Waals surface area contributed by atoms with Crippen molar-refractivity contribution in [2.45, 2.75) is 19.5 Å². The summed E-state index contributed by atoms with van der Waals surface area (Å²) in [4.78, 5) is 29.1. The monoisotopic (exact) mass is 430 g/mol. The third-order valence-electron chi connectivity index (χ3n) is 4.85. The van der Waals surface area contributed by atoms with Crippen molar-refractivity contribution in [3.63, 3.8) is 0 Å². The number of nitrogens with one attached hydrogen (secondary N) is 1. The standard InChI is InChI=1S/C22H24F2N4O3/c1-31-11-5-10-27(13-16-8-9-17(23)18(24)12-16)19-20(25)28(22(30)26-21(19)29)14-15-6-3-2-4-7-15/h2-4,6-9,12H,5,10-11,13-14,25H2,1H3,(H,26,29,30). The summed E-state index contributed by atoms with van der Waals surface area (Å²) in [5.74, 6) is -1.94. The summed E-state index contributed by atoms with van der Waals surface area (Å²) < 4.78 is 33.4. The van der Waals surface area contributed by atoms with Gasteiger partial charge in [0.15, 0.2) is 11.6 Å². The highest BCUT2D eigenvalue weighted by Gasteiger charge is 2.20. The van der Waals surface area contributed by atoms with Crippen molar-refractivity contribution in [1.29, 1.82) is 0 Å². The molecule has 3 N–H and O–H groups in total. The van der Waals surface area contributed by atoms with Crippen LogP contribution < -0.4 is 21.9 Å². The summed E-state index contributed by atoms with van der Waals surface area (Å²) in [5, 5.41) is 0. The van der Waals surface area contributed by atoms with Gasteiger partial charge >= 0.3 is 5.69 Å². The Morgan fingerprint density at radius 2 is 1.81 bits per heavy atom. The van der Waals surface area contributed by atoms with Crippen LogP contribution in [0.3, 0.4) is 0 Å². The first-order valence-electron chi connectivity index (χ1n) is 9.75. The third-order valence-corrected chi connectivity index (χ3v) is 4.85. The number of aromatic nitrogens is 2. The summed E-state index contributed by atoms with van der Waals surface area (Å²) in [5.41, 5.74) is 6.39. The minimum atomic E-state index is -0.981. The van der Waals surface area contributed by atoms with E-state index in [9.17, 15) is 18.4 Å². The number of nitrogens with two attached hydrogens (primary N) is 1. The van der Waals surface area contributed by atoms with Crippen molar-refractivity contribution in [2.75, 3.05) is 30.9 Å². The number of benzene rings is 2. The van der Waals surface area contributed by atoms with Crippen LogP contribution in [0, 0.1) is 11.6 Å². The Morgan fingerprint density at radius 1 is 1.06 bits per heavy atom. The molecule has 3 rings (SSSR count). The van der Waals surface area contributed by atoms with Crippen molar-refractivity contribution >= 4 is 11.5 Å². The second kappa shape index (κ2) is 10.0. The molecule has 0 atom stereocenters. The van der Waals surface area contributed by atoms with Gasteiger partial charge in [-0.25, -0.2) is 13.6 Å². The van der Waals surface area contributed by atoms with E-state index >= 15 is 0 Å². The number of H-pyrrole nitrogens is 1. The highest BCUT2D eigenvalue weighted by Crippen LogP contribution is 2.21. The van der Waals surface area contributed by atoms with Gasteiger partial charge in [-0.15, -0.1) is 0 Å². The molecule has 0 aliphatic heterocycles. The number of hydrogen-bond acceptors (Lipinski definition) is 5. The van der Waals surface area contributed by atoms with Crippen LogP contribution in [-0.4, -0.2) is 29.8 Å². The van der Waals surface area contributed by atoms with Crippen molar-refractivity contribution in [3.05, 3.63) is 92.1 Å². The minimum absolute atomic E-state index is 0.00222. The molecule has 7 nitrogen and oxygen atoms in total. The molecule has 0 unspecified atom stereocenters. The number of ether oxygens (including phenoxy) is 1. The fourth-order valence-electron chi connectivity index (χ4n) is 3.33. The quantitative estimate of drug-likeness (QED) is 0.509. The average molecular weight is 430 g/mol. The number of nitrogens with zero attached hydrogens (tertiary/aromatic N) is 2. The van der Waals surface area contributed by atoms with Crippen molar-refractivity contribution in [3.8, 4) is 0 Å². The number of aromatic amines is 1. The number of hydrogen-bond donors (Lipinski definition) is 2. The Hall–Kier alpha value is -3.46.